The van der Waals surface area contributed by atoms with Gasteiger partial charge in [0.2, 0.25) is 0 Å². The van der Waals surface area contributed by atoms with Crippen molar-refractivity contribution in [1.29, 1.82) is 0 Å². The second-order valence-corrected chi connectivity index (χ2v) is 6.36. The fourth-order valence-corrected chi connectivity index (χ4v) is 3.02. The van der Waals surface area contributed by atoms with E-state index in [1.165, 1.54) is 11.3 Å². The first-order chi connectivity index (χ1) is 11.6. The second-order valence-electron chi connectivity index (χ2n) is 6.36. The number of hydrogen-bond acceptors (Lipinski definition) is 5. The van der Waals surface area contributed by atoms with E-state index < -0.39 is 6.04 Å². The Morgan fingerprint density at radius 3 is 2.67 bits per heavy atom. The first-order valence-electron chi connectivity index (χ1n) is 8.94. The van der Waals surface area contributed by atoms with Crippen LogP contribution in [0, 0.1) is 0 Å². The maximum absolute atomic E-state index is 11.8. The molecule has 1 saturated heterocycles. The molecule has 1 aliphatic rings. The van der Waals surface area contributed by atoms with Gasteiger partial charge in [-0.1, -0.05) is 26.0 Å². The summed E-state index contributed by atoms with van der Waals surface area (Å²) in [4.78, 5) is 14.2. The third kappa shape index (κ3) is 4.71. The predicted octanol–water partition coefficient (Wildman–Crippen LogP) is 2.47. The van der Waals surface area contributed by atoms with Crippen molar-refractivity contribution < 1.29 is 14.3 Å². The van der Waals surface area contributed by atoms with Crippen molar-refractivity contribution in [1.82, 2.24) is 0 Å². The average Bonchev–Trinajstić information content (AvgIpc) is 2.61. The molecule has 1 heterocycles. The van der Waals surface area contributed by atoms with E-state index in [1.807, 2.05) is 0 Å². The summed E-state index contributed by atoms with van der Waals surface area (Å²) in [5, 5.41) is 0. The molecule has 0 bridgehead atoms. The van der Waals surface area contributed by atoms with Crippen LogP contribution in [0.3, 0.4) is 0 Å². The van der Waals surface area contributed by atoms with Gasteiger partial charge in [0.1, 0.15) is 6.04 Å². The van der Waals surface area contributed by atoms with Gasteiger partial charge >= 0.3 is 5.97 Å². The molecule has 24 heavy (non-hydrogen) atoms. The maximum atomic E-state index is 11.8. The Hall–Kier alpha value is -1.59. The van der Waals surface area contributed by atoms with Crippen LogP contribution in [-0.4, -0.2) is 44.9 Å². The Morgan fingerprint density at radius 2 is 2.04 bits per heavy atom. The van der Waals surface area contributed by atoms with Crippen molar-refractivity contribution in [3.8, 4) is 0 Å². The molecular formula is C19H30N2O3. The molecule has 1 aromatic rings. The highest BCUT2D eigenvalue weighted by Crippen LogP contribution is 2.31. The topological polar surface area (TPSA) is 64.8 Å². The van der Waals surface area contributed by atoms with Crippen LogP contribution < -0.4 is 10.6 Å². The van der Waals surface area contributed by atoms with Crippen LogP contribution in [0.4, 0.5) is 5.69 Å². The van der Waals surface area contributed by atoms with Crippen LogP contribution in [-0.2, 0) is 20.7 Å². The minimum atomic E-state index is -0.607. The third-order valence-electron chi connectivity index (χ3n) is 4.63. The number of benzene rings is 1. The fourth-order valence-electron chi connectivity index (χ4n) is 3.02. The van der Waals surface area contributed by atoms with E-state index in [2.05, 4.69) is 36.9 Å². The first kappa shape index (κ1) is 18.7. The summed E-state index contributed by atoms with van der Waals surface area (Å²) in [7, 11) is 0. The number of carbonyl (C=O) groups is 1. The molecule has 2 N–H and O–H groups in total. The summed E-state index contributed by atoms with van der Waals surface area (Å²) >= 11 is 0. The largest absolute Gasteiger partial charge is 0.465 e. The highest BCUT2D eigenvalue weighted by Gasteiger charge is 2.20. The van der Waals surface area contributed by atoms with Gasteiger partial charge in [-0.2, -0.15) is 0 Å². The lowest BCUT2D eigenvalue weighted by Gasteiger charge is -2.32. The maximum Gasteiger partial charge on any atom is 0.323 e. The summed E-state index contributed by atoms with van der Waals surface area (Å²) in [6.45, 7) is 9.99. The number of carbonyl (C=O) groups excluding carboxylic acids is 1. The van der Waals surface area contributed by atoms with Gasteiger partial charge in [-0.15, -0.1) is 0 Å². The molecule has 2 atom stereocenters. The Balaban J connectivity index is 2.20. The average molecular weight is 334 g/mol. The molecule has 0 saturated carbocycles. The molecule has 0 spiro atoms. The Morgan fingerprint density at radius 1 is 1.33 bits per heavy atom. The summed E-state index contributed by atoms with van der Waals surface area (Å²) < 4.78 is 10.5. The molecule has 1 aromatic carbocycles. The molecule has 5 nitrogen and oxygen atoms in total. The summed E-state index contributed by atoms with van der Waals surface area (Å²) in [6.07, 6.45) is 1.58. The zero-order chi connectivity index (χ0) is 17.5. The quantitative estimate of drug-likeness (QED) is 0.776. The smallest absolute Gasteiger partial charge is 0.323 e. The van der Waals surface area contributed by atoms with Crippen molar-refractivity contribution in [3.05, 3.63) is 29.3 Å². The zero-order valence-corrected chi connectivity index (χ0v) is 15.1. The minimum Gasteiger partial charge on any atom is -0.465 e. The predicted molar refractivity (Wildman–Crippen MR) is 96.5 cm³/mol. The van der Waals surface area contributed by atoms with Gasteiger partial charge in [0.25, 0.3) is 0 Å². The van der Waals surface area contributed by atoms with E-state index >= 15 is 0 Å². The molecule has 0 aliphatic carbocycles. The van der Waals surface area contributed by atoms with Gasteiger partial charge in [0.15, 0.2) is 0 Å². The standard InChI is InChI=1S/C19H30N2O3/c1-4-14(3)16-12-15(13-17(20)19(22)24-5-2)6-7-18(16)21-8-10-23-11-9-21/h6-7,12,14,17H,4-5,8-11,13,20H2,1-3H3. The van der Waals surface area contributed by atoms with E-state index in [-0.39, 0.29) is 5.97 Å². The number of nitrogens with two attached hydrogens (primary N) is 1. The highest BCUT2D eigenvalue weighted by atomic mass is 16.5. The zero-order valence-electron chi connectivity index (χ0n) is 15.1. The molecule has 134 valence electrons. The van der Waals surface area contributed by atoms with Crippen molar-refractivity contribution >= 4 is 11.7 Å². The summed E-state index contributed by atoms with van der Waals surface area (Å²) in [5.74, 6) is 0.126. The number of anilines is 1. The molecule has 2 unspecified atom stereocenters. The minimum absolute atomic E-state index is 0.333. The Labute approximate surface area is 145 Å². The molecule has 0 aromatic heterocycles. The summed E-state index contributed by atoms with van der Waals surface area (Å²) in [5.41, 5.74) is 9.66. The van der Waals surface area contributed by atoms with Gasteiger partial charge in [-0.05, 0) is 42.9 Å². The highest BCUT2D eigenvalue weighted by molar-refractivity contribution is 5.76. The van der Waals surface area contributed by atoms with Crippen LogP contribution in [0.2, 0.25) is 0 Å². The van der Waals surface area contributed by atoms with Gasteiger partial charge in [-0.3, -0.25) is 4.79 Å². The van der Waals surface area contributed by atoms with Crippen LogP contribution in [0.1, 0.15) is 44.2 Å². The molecule has 0 radical (unpaired) electrons. The van der Waals surface area contributed by atoms with Crippen molar-refractivity contribution in [3.63, 3.8) is 0 Å². The lowest BCUT2D eigenvalue weighted by molar-refractivity contribution is -0.144. The van der Waals surface area contributed by atoms with Crippen molar-refractivity contribution in [2.75, 3.05) is 37.8 Å². The van der Waals surface area contributed by atoms with E-state index in [1.54, 1.807) is 6.92 Å². The normalized spacial score (nSPS) is 17.4. The van der Waals surface area contributed by atoms with Crippen LogP contribution in [0.15, 0.2) is 18.2 Å². The number of esters is 1. The Bertz CT molecular complexity index is 541. The van der Waals surface area contributed by atoms with Crippen LogP contribution in [0.25, 0.3) is 0 Å². The number of ether oxygens (including phenoxy) is 2. The van der Waals surface area contributed by atoms with Gasteiger partial charge < -0.3 is 20.1 Å². The van der Waals surface area contributed by atoms with Crippen molar-refractivity contribution in [2.45, 2.75) is 45.6 Å². The lowest BCUT2D eigenvalue weighted by Crippen LogP contribution is -2.37. The SMILES string of the molecule is CCOC(=O)C(N)Cc1ccc(N2CCOCC2)c(C(C)CC)c1. The van der Waals surface area contributed by atoms with Crippen molar-refractivity contribution in [2.24, 2.45) is 5.73 Å². The van der Waals surface area contributed by atoms with Gasteiger partial charge in [-0.25, -0.2) is 0 Å². The number of nitrogens with zero attached hydrogens (tertiary/aromatic N) is 1. The molecule has 2 rings (SSSR count). The molecule has 1 fully saturated rings. The van der Waals surface area contributed by atoms with Crippen LogP contribution in [0.5, 0.6) is 0 Å². The number of rotatable bonds is 7. The van der Waals surface area contributed by atoms with Crippen LogP contribution >= 0.6 is 0 Å². The fraction of sp³-hybridized carbons (Fsp3) is 0.632. The number of hydrogen-bond donors (Lipinski definition) is 1. The van der Waals surface area contributed by atoms with E-state index in [9.17, 15) is 4.79 Å². The Kier molecular flexibility index (Phi) is 7.06. The first-order valence-corrected chi connectivity index (χ1v) is 8.94. The second kappa shape index (κ2) is 9.04. The lowest BCUT2D eigenvalue weighted by atomic mass is 9.92. The molecule has 0 amide bonds. The van der Waals surface area contributed by atoms with E-state index in [0.29, 0.717) is 18.9 Å². The van der Waals surface area contributed by atoms with Gasteiger partial charge in [0.05, 0.1) is 19.8 Å². The molecule has 1 aliphatic heterocycles. The monoisotopic (exact) mass is 334 g/mol. The molecule has 5 heteroatoms. The summed E-state index contributed by atoms with van der Waals surface area (Å²) in [6, 6.07) is 5.84. The van der Waals surface area contributed by atoms with E-state index in [0.717, 1.165) is 38.3 Å². The number of morpholine rings is 1. The van der Waals surface area contributed by atoms with Gasteiger partial charge in [0, 0.05) is 18.8 Å². The van der Waals surface area contributed by atoms with E-state index in [4.69, 9.17) is 15.2 Å². The molecular weight excluding hydrogens is 304 g/mol. The third-order valence-corrected chi connectivity index (χ3v) is 4.63.